The number of aromatic nitrogens is 1. The third-order valence-corrected chi connectivity index (χ3v) is 5.18. The molecule has 0 bridgehead atoms. The molecule has 154 valence electrons. The van der Waals surface area contributed by atoms with E-state index in [1.54, 1.807) is 24.3 Å². The highest BCUT2D eigenvalue weighted by atomic mass is 35.5. The van der Waals surface area contributed by atoms with Crippen LogP contribution in [-0.4, -0.2) is 36.0 Å². The molecule has 0 spiro atoms. The van der Waals surface area contributed by atoms with Crippen molar-refractivity contribution in [2.45, 2.75) is 32.7 Å². The van der Waals surface area contributed by atoms with Gasteiger partial charge in [0.1, 0.15) is 5.75 Å². The SMILES string of the molecule is COC(=O)c1ccc(OCCc2c(CCO)n(C(C)C)c3ccc(Cl)cc23)cc1. The van der Waals surface area contributed by atoms with Crippen molar-refractivity contribution in [3.05, 3.63) is 64.3 Å². The fraction of sp³-hybridized carbons (Fsp3) is 0.348. The molecule has 0 saturated carbocycles. The summed E-state index contributed by atoms with van der Waals surface area (Å²) in [7, 11) is 1.36. The van der Waals surface area contributed by atoms with Gasteiger partial charge >= 0.3 is 5.97 Å². The Bertz CT molecular complexity index is 992. The molecule has 0 unspecified atom stereocenters. The fourth-order valence-corrected chi connectivity index (χ4v) is 3.90. The zero-order valence-corrected chi connectivity index (χ0v) is 17.7. The quantitative estimate of drug-likeness (QED) is 0.536. The van der Waals surface area contributed by atoms with Crippen LogP contribution in [0.1, 0.15) is 41.5 Å². The van der Waals surface area contributed by atoms with Crippen LogP contribution in [0.15, 0.2) is 42.5 Å². The van der Waals surface area contributed by atoms with E-state index in [9.17, 15) is 9.90 Å². The third kappa shape index (κ3) is 4.57. The summed E-state index contributed by atoms with van der Waals surface area (Å²) < 4.78 is 12.9. The summed E-state index contributed by atoms with van der Waals surface area (Å²) in [5.74, 6) is 0.315. The van der Waals surface area contributed by atoms with Crippen molar-refractivity contribution in [3.63, 3.8) is 0 Å². The lowest BCUT2D eigenvalue weighted by molar-refractivity contribution is 0.0600. The molecule has 0 aliphatic heterocycles. The Kier molecular flexibility index (Phi) is 6.83. The topological polar surface area (TPSA) is 60.7 Å². The van der Waals surface area contributed by atoms with Crippen LogP contribution in [0.3, 0.4) is 0 Å². The lowest BCUT2D eigenvalue weighted by Gasteiger charge is -2.15. The Morgan fingerprint density at radius 2 is 1.86 bits per heavy atom. The summed E-state index contributed by atoms with van der Waals surface area (Å²) in [6.45, 7) is 4.83. The van der Waals surface area contributed by atoms with Crippen LogP contribution < -0.4 is 4.74 Å². The van der Waals surface area contributed by atoms with E-state index in [1.807, 2.05) is 18.2 Å². The number of hydrogen-bond donors (Lipinski definition) is 1. The molecule has 5 nitrogen and oxygen atoms in total. The summed E-state index contributed by atoms with van der Waals surface area (Å²) >= 11 is 6.26. The number of aliphatic hydroxyl groups is 1. The van der Waals surface area contributed by atoms with E-state index >= 15 is 0 Å². The number of halogens is 1. The maximum atomic E-state index is 11.5. The predicted octanol–water partition coefficient (Wildman–Crippen LogP) is 4.82. The van der Waals surface area contributed by atoms with E-state index < -0.39 is 0 Å². The number of aliphatic hydroxyl groups excluding tert-OH is 1. The molecular weight excluding hydrogens is 390 g/mol. The van der Waals surface area contributed by atoms with Gasteiger partial charge in [0.15, 0.2) is 0 Å². The van der Waals surface area contributed by atoms with E-state index in [2.05, 4.69) is 18.4 Å². The minimum absolute atomic E-state index is 0.0830. The first-order chi connectivity index (χ1) is 14.0. The first kappa shape index (κ1) is 21.2. The van der Waals surface area contributed by atoms with Crippen LogP contribution in [0.4, 0.5) is 0 Å². The van der Waals surface area contributed by atoms with Gasteiger partial charge in [-0.1, -0.05) is 11.6 Å². The first-order valence-electron chi connectivity index (χ1n) is 9.69. The number of rotatable bonds is 8. The van der Waals surface area contributed by atoms with Gasteiger partial charge in [-0.05, 0) is 61.9 Å². The van der Waals surface area contributed by atoms with E-state index in [-0.39, 0.29) is 18.6 Å². The van der Waals surface area contributed by atoms with Crippen LogP contribution >= 0.6 is 11.6 Å². The standard InChI is InChI=1S/C23H26ClNO4/c1-15(2)25-21-9-6-17(24)14-20(21)19(22(25)10-12-26)11-13-29-18-7-4-16(5-8-18)23(27)28-3/h4-9,14-15,26H,10-13H2,1-3H3. The molecule has 1 N–H and O–H groups in total. The van der Waals surface area contributed by atoms with Crippen LogP contribution in [0.5, 0.6) is 5.75 Å². The Morgan fingerprint density at radius 3 is 2.48 bits per heavy atom. The van der Waals surface area contributed by atoms with Gasteiger partial charge in [0.2, 0.25) is 0 Å². The van der Waals surface area contributed by atoms with Gasteiger partial charge in [-0.15, -0.1) is 0 Å². The molecule has 1 heterocycles. The van der Waals surface area contributed by atoms with E-state index in [4.69, 9.17) is 21.1 Å². The van der Waals surface area contributed by atoms with Crippen LogP contribution in [-0.2, 0) is 17.6 Å². The molecular formula is C23H26ClNO4. The number of nitrogens with zero attached hydrogens (tertiary/aromatic N) is 1. The van der Waals surface area contributed by atoms with Gasteiger partial charge in [-0.3, -0.25) is 0 Å². The van der Waals surface area contributed by atoms with Crippen LogP contribution in [0.25, 0.3) is 10.9 Å². The molecule has 2 aromatic carbocycles. The molecule has 6 heteroatoms. The highest BCUT2D eigenvalue weighted by Crippen LogP contribution is 2.32. The Morgan fingerprint density at radius 1 is 1.14 bits per heavy atom. The van der Waals surface area contributed by atoms with Crippen molar-refractivity contribution in [1.29, 1.82) is 0 Å². The summed E-state index contributed by atoms with van der Waals surface area (Å²) in [6, 6.07) is 13.1. The highest BCUT2D eigenvalue weighted by Gasteiger charge is 2.19. The second-order valence-corrected chi connectivity index (χ2v) is 7.57. The number of ether oxygens (including phenoxy) is 2. The number of carbonyl (C=O) groups excluding carboxylic acids is 1. The molecule has 0 aliphatic carbocycles. The second kappa shape index (κ2) is 9.33. The maximum absolute atomic E-state index is 11.5. The Balaban J connectivity index is 1.84. The summed E-state index contributed by atoms with van der Waals surface area (Å²) in [4.78, 5) is 11.5. The molecule has 0 aliphatic rings. The number of carbonyl (C=O) groups is 1. The second-order valence-electron chi connectivity index (χ2n) is 7.14. The molecule has 29 heavy (non-hydrogen) atoms. The third-order valence-electron chi connectivity index (χ3n) is 4.94. The molecule has 0 amide bonds. The Labute approximate surface area is 175 Å². The number of esters is 1. The van der Waals surface area contributed by atoms with Crippen molar-refractivity contribution < 1.29 is 19.4 Å². The minimum Gasteiger partial charge on any atom is -0.493 e. The average Bonchev–Trinajstić information content (AvgIpc) is 3.01. The van der Waals surface area contributed by atoms with E-state index in [0.29, 0.717) is 35.8 Å². The maximum Gasteiger partial charge on any atom is 0.337 e. The number of methoxy groups -OCH3 is 1. The molecule has 3 rings (SSSR count). The molecule has 0 saturated heterocycles. The highest BCUT2D eigenvalue weighted by molar-refractivity contribution is 6.31. The van der Waals surface area contributed by atoms with Crippen molar-refractivity contribution in [1.82, 2.24) is 4.57 Å². The molecule has 0 radical (unpaired) electrons. The zero-order valence-electron chi connectivity index (χ0n) is 16.9. The largest absolute Gasteiger partial charge is 0.493 e. The van der Waals surface area contributed by atoms with Crippen molar-refractivity contribution in [2.75, 3.05) is 20.3 Å². The molecule has 0 fully saturated rings. The lowest BCUT2D eigenvalue weighted by atomic mass is 10.1. The average molecular weight is 416 g/mol. The number of fused-ring (bicyclic) bond motifs is 1. The normalized spacial score (nSPS) is 11.2. The predicted molar refractivity (Wildman–Crippen MR) is 115 cm³/mol. The smallest absolute Gasteiger partial charge is 0.337 e. The van der Waals surface area contributed by atoms with Crippen molar-refractivity contribution >= 4 is 28.5 Å². The Hall–Kier alpha value is -2.50. The van der Waals surface area contributed by atoms with Crippen molar-refractivity contribution in [3.8, 4) is 5.75 Å². The van der Waals surface area contributed by atoms with Gasteiger partial charge < -0.3 is 19.1 Å². The monoisotopic (exact) mass is 415 g/mol. The fourth-order valence-electron chi connectivity index (χ4n) is 3.73. The zero-order chi connectivity index (χ0) is 21.0. The summed E-state index contributed by atoms with van der Waals surface area (Å²) in [6.07, 6.45) is 1.26. The van der Waals surface area contributed by atoms with Gasteiger partial charge in [-0.25, -0.2) is 4.79 Å². The lowest BCUT2D eigenvalue weighted by Crippen LogP contribution is -2.10. The van der Waals surface area contributed by atoms with Gasteiger partial charge in [-0.2, -0.15) is 0 Å². The summed E-state index contributed by atoms with van der Waals surface area (Å²) in [5.41, 5.74) is 3.87. The van der Waals surface area contributed by atoms with E-state index in [0.717, 1.165) is 22.2 Å². The van der Waals surface area contributed by atoms with Gasteiger partial charge in [0.25, 0.3) is 0 Å². The van der Waals surface area contributed by atoms with Crippen molar-refractivity contribution in [2.24, 2.45) is 0 Å². The first-order valence-corrected chi connectivity index (χ1v) is 10.1. The van der Waals surface area contributed by atoms with Crippen LogP contribution in [0.2, 0.25) is 5.02 Å². The number of hydrogen-bond acceptors (Lipinski definition) is 4. The molecule has 3 aromatic rings. The molecule has 0 atom stereocenters. The minimum atomic E-state index is -0.372. The van der Waals surface area contributed by atoms with E-state index in [1.165, 1.54) is 7.11 Å². The molecule has 1 aromatic heterocycles. The van der Waals surface area contributed by atoms with Crippen LogP contribution in [0, 0.1) is 0 Å². The van der Waals surface area contributed by atoms with Gasteiger partial charge in [0, 0.05) is 47.1 Å². The number of benzene rings is 2. The van der Waals surface area contributed by atoms with Gasteiger partial charge in [0.05, 0.1) is 19.3 Å². The summed E-state index contributed by atoms with van der Waals surface area (Å²) in [5, 5.41) is 11.4.